The highest BCUT2D eigenvalue weighted by molar-refractivity contribution is 5.28. The topological polar surface area (TPSA) is 27.1 Å². The maximum absolute atomic E-state index is 5.80. The summed E-state index contributed by atoms with van der Waals surface area (Å²) in [6.45, 7) is 3.52. The van der Waals surface area contributed by atoms with Crippen LogP contribution >= 0.6 is 0 Å². The molecule has 0 fully saturated rings. The summed E-state index contributed by atoms with van der Waals surface area (Å²) in [6, 6.07) is 16.6. The molecule has 0 N–H and O–H groups in total. The second-order valence-corrected chi connectivity index (χ2v) is 5.15. The van der Waals surface area contributed by atoms with Crippen LogP contribution in [0.1, 0.15) is 16.7 Å². The van der Waals surface area contributed by atoms with E-state index in [1.54, 1.807) is 6.20 Å². The largest absolute Gasteiger partial charge is 0.489 e. The van der Waals surface area contributed by atoms with Gasteiger partial charge in [-0.2, -0.15) is 0 Å². The minimum absolute atomic E-state index is 0.598. The first-order chi connectivity index (χ1) is 10.3. The van der Waals surface area contributed by atoms with E-state index in [0.717, 1.165) is 12.3 Å². The van der Waals surface area contributed by atoms with Crippen LogP contribution in [-0.4, -0.2) is 9.55 Å². The molecule has 1 aromatic heterocycles. The number of ether oxygens (including phenoxy) is 1. The van der Waals surface area contributed by atoms with Crippen LogP contribution in [0.4, 0.5) is 0 Å². The van der Waals surface area contributed by atoms with Gasteiger partial charge in [-0.25, -0.2) is 4.98 Å². The van der Waals surface area contributed by atoms with E-state index in [1.165, 1.54) is 16.7 Å². The molecule has 0 unspecified atom stereocenters. The summed E-state index contributed by atoms with van der Waals surface area (Å²) in [5, 5.41) is 0. The van der Waals surface area contributed by atoms with Crippen molar-refractivity contribution >= 4 is 0 Å². The van der Waals surface area contributed by atoms with E-state index in [4.69, 9.17) is 4.74 Å². The van der Waals surface area contributed by atoms with E-state index in [0.29, 0.717) is 6.61 Å². The fourth-order valence-electron chi connectivity index (χ4n) is 2.13. The van der Waals surface area contributed by atoms with E-state index < -0.39 is 0 Å². The molecule has 0 aliphatic carbocycles. The first-order valence-electron chi connectivity index (χ1n) is 7.02. The van der Waals surface area contributed by atoms with Crippen molar-refractivity contribution in [1.82, 2.24) is 9.55 Å². The van der Waals surface area contributed by atoms with Gasteiger partial charge in [0.2, 0.25) is 0 Å². The van der Waals surface area contributed by atoms with Crippen molar-refractivity contribution in [2.45, 2.75) is 20.1 Å². The van der Waals surface area contributed by atoms with E-state index in [2.05, 4.69) is 48.3 Å². The quantitative estimate of drug-likeness (QED) is 0.709. The lowest BCUT2D eigenvalue weighted by Crippen LogP contribution is -1.98. The molecule has 3 nitrogen and oxygen atoms in total. The molecule has 0 bridgehead atoms. The van der Waals surface area contributed by atoms with E-state index in [-0.39, 0.29) is 0 Å². The van der Waals surface area contributed by atoms with Gasteiger partial charge in [-0.15, -0.1) is 0 Å². The van der Waals surface area contributed by atoms with Gasteiger partial charge in [0.05, 0.1) is 6.33 Å². The fourth-order valence-corrected chi connectivity index (χ4v) is 2.13. The van der Waals surface area contributed by atoms with Gasteiger partial charge in [-0.1, -0.05) is 42.0 Å². The van der Waals surface area contributed by atoms with Gasteiger partial charge in [0, 0.05) is 18.9 Å². The highest BCUT2D eigenvalue weighted by Crippen LogP contribution is 2.15. The predicted octanol–water partition coefficient (Wildman–Crippen LogP) is 3.82. The monoisotopic (exact) mass is 278 g/mol. The molecule has 3 aromatic rings. The zero-order chi connectivity index (χ0) is 14.5. The molecule has 0 aliphatic heterocycles. The lowest BCUT2D eigenvalue weighted by atomic mass is 10.2. The van der Waals surface area contributed by atoms with Crippen LogP contribution in [0.25, 0.3) is 0 Å². The lowest BCUT2D eigenvalue weighted by molar-refractivity contribution is 0.306. The standard InChI is InChI=1S/C18H18N2O/c1-15-2-4-17(5-3-15)13-21-18-8-6-16(7-9-18)12-20-11-10-19-14-20/h2-11,14H,12-13H2,1H3. The normalized spacial score (nSPS) is 10.5. The number of hydrogen-bond donors (Lipinski definition) is 0. The molecule has 0 spiro atoms. The van der Waals surface area contributed by atoms with Crippen molar-refractivity contribution in [3.63, 3.8) is 0 Å². The summed E-state index contributed by atoms with van der Waals surface area (Å²) in [7, 11) is 0. The van der Waals surface area contributed by atoms with Crippen molar-refractivity contribution < 1.29 is 4.74 Å². The average molecular weight is 278 g/mol. The van der Waals surface area contributed by atoms with E-state index >= 15 is 0 Å². The highest BCUT2D eigenvalue weighted by atomic mass is 16.5. The number of nitrogens with zero attached hydrogens (tertiary/aromatic N) is 2. The first-order valence-corrected chi connectivity index (χ1v) is 7.02. The SMILES string of the molecule is Cc1ccc(COc2ccc(Cn3ccnc3)cc2)cc1. The van der Waals surface area contributed by atoms with Crippen LogP contribution in [0.5, 0.6) is 5.75 Å². The van der Waals surface area contributed by atoms with Crippen molar-refractivity contribution in [3.05, 3.63) is 83.9 Å². The maximum atomic E-state index is 5.80. The molecule has 0 saturated carbocycles. The number of hydrogen-bond acceptors (Lipinski definition) is 2. The van der Waals surface area contributed by atoms with Gasteiger partial charge in [0.1, 0.15) is 12.4 Å². The van der Waals surface area contributed by atoms with Crippen molar-refractivity contribution in [2.24, 2.45) is 0 Å². The molecule has 1 heterocycles. The molecule has 0 radical (unpaired) electrons. The second kappa shape index (κ2) is 6.27. The van der Waals surface area contributed by atoms with Crippen molar-refractivity contribution in [1.29, 1.82) is 0 Å². The highest BCUT2D eigenvalue weighted by Gasteiger charge is 1.98. The molecule has 2 aromatic carbocycles. The van der Waals surface area contributed by atoms with Gasteiger partial charge in [-0.05, 0) is 30.2 Å². The molecule has 0 saturated heterocycles. The van der Waals surface area contributed by atoms with E-state index in [9.17, 15) is 0 Å². The third kappa shape index (κ3) is 3.72. The summed E-state index contributed by atoms with van der Waals surface area (Å²) >= 11 is 0. The smallest absolute Gasteiger partial charge is 0.119 e. The minimum Gasteiger partial charge on any atom is -0.489 e. The Morgan fingerprint density at radius 1 is 0.952 bits per heavy atom. The number of benzene rings is 2. The summed E-state index contributed by atoms with van der Waals surface area (Å²) < 4.78 is 7.85. The lowest BCUT2D eigenvalue weighted by Gasteiger charge is -2.08. The van der Waals surface area contributed by atoms with Gasteiger partial charge in [0.25, 0.3) is 0 Å². The van der Waals surface area contributed by atoms with Gasteiger partial charge in [0.15, 0.2) is 0 Å². The minimum atomic E-state index is 0.598. The molecular formula is C18H18N2O. The molecule has 3 rings (SSSR count). The predicted molar refractivity (Wildman–Crippen MR) is 83.3 cm³/mol. The van der Waals surface area contributed by atoms with Crippen LogP contribution in [0.2, 0.25) is 0 Å². The Morgan fingerprint density at radius 3 is 2.33 bits per heavy atom. The van der Waals surface area contributed by atoms with Gasteiger partial charge in [-0.3, -0.25) is 0 Å². The van der Waals surface area contributed by atoms with Crippen molar-refractivity contribution in [2.75, 3.05) is 0 Å². The summed E-state index contributed by atoms with van der Waals surface area (Å²) in [4.78, 5) is 4.04. The van der Waals surface area contributed by atoms with Gasteiger partial charge < -0.3 is 9.30 Å². The summed E-state index contributed by atoms with van der Waals surface area (Å²) in [6.07, 6.45) is 5.57. The Bertz CT molecular complexity index is 670. The van der Waals surface area contributed by atoms with Crippen LogP contribution in [0.3, 0.4) is 0 Å². The third-order valence-corrected chi connectivity index (χ3v) is 3.37. The second-order valence-electron chi connectivity index (χ2n) is 5.15. The Hall–Kier alpha value is -2.55. The van der Waals surface area contributed by atoms with Gasteiger partial charge >= 0.3 is 0 Å². The number of imidazole rings is 1. The van der Waals surface area contributed by atoms with Crippen molar-refractivity contribution in [3.8, 4) is 5.75 Å². The number of aromatic nitrogens is 2. The first kappa shape index (κ1) is 13.4. The molecule has 0 atom stereocenters. The molecule has 106 valence electrons. The molecular weight excluding hydrogens is 260 g/mol. The van der Waals surface area contributed by atoms with E-state index in [1.807, 2.05) is 29.2 Å². The zero-order valence-corrected chi connectivity index (χ0v) is 12.1. The molecule has 3 heteroatoms. The maximum Gasteiger partial charge on any atom is 0.119 e. The third-order valence-electron chi connectivity index (χ3n) is 3.37. The van der Waals surface area contributed by atoms with Crippen LogP contribution in [0.15, 0.2) is 67.3 Å². The molecule has 0 amide bonds. The molecule has 0 aliphatic rings. The zero-order valence-electron chi connectivity index (χ0n) is 12.1. The Kier molecular flexibility index (Phi) is 4.01. The number of rotatable bonds is 5. The summed E-state index contributed by atoms with van der Waals surface area (Å²) in [5.41, 5.74) is 3.68. The van der Waals surface area contributed by atoms with Crippen LogP contribution in [0, 0.1) is 6.92 Å². The fraction of sp³-hybridized carbons (Fsp3) is 0.167. The number of aryl methyl sites for hydroxylation is 1. The Balaban J connectivity index is 1.58. The average Bonchev–Trinajstić information content (AvgIpc) is 3.01. The summed E-state index contributed by atoms with van der Waals surface area (Å²) in [5.74, 6) is 0.893. The van der Waals surface area contributed by atoms with Crippen LogP contribution < -0.4 is 4.74 Å². The Labute approximate surface area is 124 Å². The van der Waals surface area contributed by atoms with Crippen LogP contribution in [-0.2, 0) is 13.2 Å². The molecule has 21 heavy (non-hydrogen) atoms. The Morgan fingerprint density at radius 2 is 1.67 bits per heavy atom.